The third-order valence-corrected chi connectivity index (χ3v) is 3.98. The summed E-state index contributed by atoms with van der Waals surface area (Å²) in [5.41, 5.74) is 0.879. The van der Waals surface area contributed by atoms with Crippen molar-refractivity contribution in [2.75, 3.05) is 6.54 Å². The molecule has 0 saturated heterocycles. The number of benzene rings is 1. The van der Waals surface area contributed by atoms with E-state index in [1.54, 1.807) is 0 Å². The summed E-state index contributed by atoms with van der Waals surface area (Å²) in [5.74, 6) is 0.879. The molecule has 1 atom stereocenters. The SMILES string of the molecule is CCCCN[C@@H](CC)c1nc2ccccc2c(=O)n1CCC. The highest BCUT2D eigenvalue weighted by molar-refractivity contribution is 5.77. The van der Waals surface area contributed by atoms with E-state index in [0.717, 1.165) is 50.1 Å². The molecule has 1 aromatic carbocycles. The predicted octanol–water partition coefficient (Wildman–Crippen LogP) is 3.65. The van der Waals surface area contributed by atoms with Gasteiger partial charge < -0.3 is 5.32 Å². The zero-order valence-corrected chi connectivity index (χ0v) is 13.9. The molecule has 0 fully saturated rings. The molecule has 1 N–H and O–H groups in total. The quantitative estimate of drug-likeness (QED) is 0.757. The van der Waals surface area contributed by atoms with E-state index in [0.29, 0.717) is 5.39 Å². The molecule has 22 heavy (non-hydrogen) atoms. The molecule has 120 valence electrons. The Kier molecular flexibility index (Phi) is 6.13. The first-order chi connectivity index (χ1) is 10.7. The monoisotopic (exact) mass is 301 g/mol. The van der Waals surface area contributed by atoms with Crippen molar-refractivity contribution in [2.45, 2.75) is 59.0 Å². The smallest absolute Gasteiger partial charge is 0.261 e. The average Bonchev–Trinajstić information content (AvgIpc) is 2.54. The number of hydrogen-bond acceptors (Lipinski definition) is 3. The van der Waals surface area contributed by atoms with E-state index in [1.165, 1.54) is 0 Å². The summed E-state index contributed by atoms with van der Waals surface area (Å²) in [6.07, 6.45) is 4.16. The highest BCUT2D eigenvalue weighted by atomic mass is 16.1. The lowest BCUT2D eigenvalue weighted by molar-refractivity contribution is 0.451. The van der Waals surface area contributed by atoms with Crippen LogP contribution >= 0.6 is 0 Å². The van der Waals surface area contributed by atoms with Crippen molar-refractivity contribution in [3.05, 3.63) is 40.4 Å². The number of rotatable bonds is 8. The van der Waals surface area contributed by atoms with Gasteiger partial charge in [0.2, 0.25) is 0 Å². The van der Waals surface area contributed by atoms with E-state index in [4.69, 9.17) is 4.98 Å². The molecule has 2 aromatic rings. The molecular formula is C18H27N3O. The number of nitrogens with zero attached hydrogens (tertiary/aromatic N) is 2. The molecule has 4 heteroatoms. The van der Waals surface area contributed by atoms with Gasteiger partial charge in [0.25, 0.3) is 5.56 Å². The van der Waals surface area contributed by atoms with Crippen molar-refractivity contribution in [2.24, 2.45) is 0 Å². The summed E-state index contributed by atoms with van der Waals surface area (Å²) < 4.78 is 1.86. The Morgan fingerprint density at radius 1 is 1.18 bits per heavy atom. The van der Waals surface area contributed by atoms with Crippen LogP contribution < -0.4 is 10.9 Å². The lowest BCUT2D eigenvalue weighted by Crippen LogP contribution is -2.32. The fourth-order valence-electron chi connectivity index (χ4n) is 2.76. The molecule has 0 amide bonds. The zero-order chi connectivity index (χ0) is 15.9. The Bertz CT molecular complexity index is 663. The fourth-order valence-corrected chi connectivity index (χ4v) is 2.76. The van der Waals surface area contributed by atoms with Crippen LogP contribution in [0.15, 0.2) is 29.1 Å². The van der Waals surface area contributed by atoms with E-state index >= 15 is 0 Å². The summed E-state index contributed by atoms with van der Waals surface area (Å²) in [7, 11) is 0. The number of unbranched alkanes of at least 4 members (excludes halogenated alkanes) is 1. The van der Waals surface area contributed by atoms with Crippen LogP contribution in [0.5, 0.6) is 0 Å². The second-order valence-electron chi connectivity index (χ2n) is 5.71. The standard InChI is InChI=1S/C18H27N3O/c1-4-7-12-19-15(6-3)17-20-16-11-9-8-10-14(16)18(22)21(17)13-5-2/h8-11,15,19H,4-7,12-13H2,1-3H3/t15-/m0/s1. The molecule has 0 aliphatic rings. The molecule has 0 spiro atoms. The van der Waals surface area contributed by atoms with Gasteiger partial charge >= 0.3 is 0 Å². The first kappa shape index (κ1) is 16.7. The molecule has 0 aliphatic carbocycles. The van der Waals surface area contributed by atoms with Gasteiger partial charge in [-0.3, -0.25) is 9.36 Å². The number of fused-ring (bicyclic) bond motifs is 1. The summed E-state index contributed by atoms with van der Waals surface area (Å²) in [6, 6.07) is 7.77. The normalized spacial score (nSPS) is 12.7. The third kappa shape index (κ3) is 3.55. The van der Waals surface area contributed by atoms with Crippen molar-refractivity contribution in [1.29, 1.82) is 0 Å². The van der Waals surface area contributed by atoms with Gasteiger partial charge in [0, 0.05) is 6.54 Å². The van der Waals surface area contributed by atoms with Gasteiger partial charge in [0.1, 0.15) is 5.82 Å². The van der Waals surface area contributed by atoms with E-state index < -0.39 is 0 Å². The van der Waals surface area contributed by atoms with Crippen molar-refractivity contribution < 1.29 is 0 Å². The summed E-state index contributed by atoms with van der Waals surface area (Å²) >= 11 is 0. The van der Waals surface area contributed by atoms with Crippen LogP contribution in [0.3, 0.4) is 0 Å². The van der Waals surface area contributed by atoms with E-state index in [1.807, 2.05) is 28.8 Å². The highest BCUT2D eigenvalue weighted by Gasteiger charge is 2.17. The molecule has 0 aliphatic heterocycles. The number of para-hydroxylation sites is 1. The second kappa shape index (κ2) is 8.08. The maximum absolute atomic E-state index is 12.8. The Balaban J connectivity index is 2.49. The van der Waals surface area contributed by atoms with Crippen molar-refractivity contribution in [1.82, 2.24) is 14.9 Å². The summed E-state index contributed by atoms with van der Waals surface area (Å²) in [5, 5.41) is 4.27. The van der Waals surface area contributed by atoms with Gasteiger partial charge in [-0.25, -0.2) is 4.98 Å². The first-order valence-electron chi connectivity index (χ1n) is 8.45. The topological polar surface area (TPSA) is 46.9 Å². The second-order valence-corrected chi connectivity index (χ2v) is 5.71. The van der Waals surface area contributed by atoms with Gasteiger partial charge in [-0.2, -0.15) is 0 Å². The minimum absolute atomic E-state index is 0.0817. The lowest BCUT2D eigenvalue weighted by atomic mass is 10.1. The van der Waals surface area contributed by atoms with Crippen LogP contribution in [0.1, 0.15) is 58.3 Å². The van der Waals surface area contributed by atoms with Gasteiger partial charge in [-0.15, -0.1) is 0 Å². The Morgan fingerprint density at radius 3 is 2.64 bits per heavy atom. The van der Waals surface area contributed by atoms with Crippen LogP contribution in [-0.2, 0) is 6.54 Å². The number of hydrogen-bond donors (Lipinski definition) is 1. The molecule has 0 saturated carbocycles. The number of nitrogens with one attached hydrogen (secondary N) is 1. The zero-order valence-electron chi connectivity index (χ0n) is 13.9. The number of aromatic nitrogens is 2. The van der Waals surface area contributed by atoms with Gasteiger partial charge in [-0.1, -0.05) is 39.3 Å². The molecule has 0 unspecified atom stereocenters. The fraction of sp³-hybridized carbons (Fsp3) is 0.556. The Morgan fingerprint density at radius 2 is 1.95 bits per heavy atom. The maximum Gasteiger partial charge on any atom is 0.261 e. The van der Waals surface area contributed by atoms with E-state index in [-0.39, 0.29) is 11.6 Å². The highest BCUT2D eigenvalue weighted by Crippen LogP contribution is 2.17. The molecular weight excluding hydrogens is 274 g/mol. The van der Waals surface area contributed by atoms with Gasteiger partial charge in [0.05, 0.1) is 16.9 Å². The van der Waals surface area contributed by atoms with Crippen LogP contribution in [0.4, 0.5) is 0 Å². The van der Waals surface area contributed by atoms with Gasteiger partial charge in [0.15, 0.2) is 0 Å². The minimum atomic E-state index is 0.0817. The lowest BCUT2D eigenvalue weighted by Gasteiger charge is -2.21. The van der Waals surface area contributed by atoms with Crippen LogP contribution in [0.25, 0.3) is 10.9 Å². The van der Waals surface area contributed by atoms with E-state index in [2.05, 4.69) is 26.1 Å². The largest absolute Gasteiger partial charge is 0.307 e. The Labute approximate surface area is 132 Å². The molecule has 1 aromatic heterocycles. The third-order valence-electron chi connectivity index (χ3n) is 3.98. The minimum Gasteiger partial charge on any atom is -0.307 e. The average molecular weight is 301 g/mol. The molecule has 1 heterocycles. The van der Waals surface area contributed by atoms with Crippen molar-refractivity contribution in [3.8, 4) is 0 Å². The van der Waals surface area contributed by atoms with Crippen LogP contribution in [0.2, 0.25) is 0 Å². The molecule has 0 bridgehead atoms. The molecule has 4 nitrogen and oxygen atoms in total. The summed E-state index contributed by atoms with van der Waals surface area (Å²) in [4.78, 5) is 17.6. The maximum atomic E-state index is 12.8. The van der Waals surface area contributed by atoms with E-state index in [9.17, 15) is 4.79 Å². The van der Waals surface area contributed by atoms with Crippen LogP contribution in [0, 0.1) is 0 Å². The van der Waals surface area contributed by atoms with Crippen molar-refractivity contribution in [3.63, 3.8) is 0 Å². The van der Waals surface area contributed by atoms with Crippen LogP contribution in [-0.4, -0.2) is 16.1 Å². The van der Waals surface area contributed by atoms with Crippen molar-refractivity contribution >= 4 is 10.9 Å². The molecule has 0 radical (unpaired) electrons. The van der Waals surface area contributed by atoms with Gasteiger partial charge in [-0.05, 0) is 37.9 Å². The predicted molar refractivity (Wildman–Crippen MR) is 92.2 cm³/mol. The first-order valence-corrected chi connectivity index (χ1v) is 8.45. The Hall–Kier alpha value is -1.68. The molecule has 2 rings (SSSR count). The summed E-state index contributed by atoms with van der Waals surface area (Å²) in [6.45, 7) is 8.10.